The summed E-state index contributed by atoms with van der Waals surface area (Å²) >= 11 is 0. The summed E-state index contributed by atoms with van der Waals surface area (Å²) in [7, 11) is 0. The number of ether oxygens (including phenoxy) is 2. The zero-order valence-corrected chi connectivity index (χ0v) is 7.32. The van der Waals surface area contributed by atoms with E-state index in [0.29, 0.717) is 0 Å². The van der Waals surface area contributed by atoms with Crippen LogP contribution >= 0.6 is 0 Å². The number of carbonyl (C=O) groups is 3. The Balaban J connectivity index is 2.16. The van der Waals surface area contributed by atoms with Crippen LogP contribution in [0.4, 0.5) is 0 Å². The average Bonchev–Trinajstić information content (AvgIpc) is 2.55. The van der Waals surface area contributed by atoms with Gasteiger partial charge in [0.15, 0.2) is 0 Å². The Labute approximate surface area is 79.7 Å². The normalized spacial score (nSPS) is 32.0. The van der Waals surface area contributed by atoms with Gasteiger partial charge >= 0.3 is 17.9 Å². The molecular weight excluding hydrogens is 188 g/mol. The molecule has 2 aliphatic heterocycles. The molecule has 0 aromatic carbocycles. The minimum absolute atomic E-state index is 0.0131. The number of hydrogen-bond donors (Lipinski definition) is 0. The molecule has 0 N–H and O–H groups in total. The molecule has 0 spiro atoms. The lowest BCUT2D eigenvalue weighted by Crippen LogP contribution is -2.18. The molecule has 2 fully saturated rings. The third-order valence-electron chi connectivity index (χ3n) is 2.43. The van der Waals surface area contributed by atoms with Crippen LogP contribution in [-0.4, -0.2) is 17.9 Å². The van der Waals surface area contributed by atoms with Crippen molar-refractivity contribution in [2.45, 2.75) is 12.8 Å². The van der Waals surface area contributed by atoms with E-state index in [2.05, 4.69) is 11.3 Å². The van der Waals surface area contributed by atoms with Crippen LogP contribution in [0.2, 0.25) is 0 Å². The number of hydrogen-bond acceptors (Lipinski definition) is 5. The molecule has 2 heterocycles. The van der Waals surface area contributed by atoms with Gasteiger partial charge in [0, 0.05) is 5.92 Å². The third kappa shape index (κ3) is 1.30. The van der Waals surface area contributed by atoms with Crippen LogP contribution < -0.4 is 0 Å². The summed E-state index contributed by atoms with van der Waals surface area (Å²) in [4.78, 5) is 32.9. The highest BCUT2D eigenvalue weighted by Gasteiger charge is 2.45. The summed E-state index contributed by atoms with van der Waals surface area (Å²) in [6.45, 7) is 3.53. The summed E-state index contributed by atoms with van der Waals surface area (Å²) in [5, 5.41) is 0. The van der Waals surface area contributed by atoms with E-state index in [1.165, 1.54) is 0 Å². The molecular formula is C9H8O5. The highest BCUT2D eigenvalue weighted by molar-refractivity contribution is 5.95. The van der Waals surface area contributed by atoms with Gasteiger partial charge in [-0.05, 0) is 0 Å². The molecule has 0 aromatic rings. The maximum Gasteiger partial charge on any atom is 0.317 e. The van der Waals surface area contributed by atoms with Crippen LogP contribution in [-0.2, 0) is 23.9 Å². The first-order valence-electron chi connectivity index (χ1n) is 4.22. The first-order valence-corrected chi connectivity index (χ1v) is 4.22. The summed E-state index contributed by atoms with van der Waals surface area (Å²) in [5.41, 5.74) is 0. The van der Waals surface area contributed by atoms with Crippen LogP contribution in [0.25, 0.3) is 0 Å². The van der Waals surface area contributed by atoms with E-state index in [1.54, 1.807) is 0 Å². The van der Waals surface area contributed by atoms with Crippen LogP contribution in [0.1, 0.15) is 12.8 Å². The number of carbonyl (C=O) groups excluding carboxylic acids is 3. The molecule has 74 valence electrons. The second kappa shape index (κ2) is 2.94. The molecule has 0 radical (unpaired) electrons. The van der Waals surface area contributed by atoms with Crippen molar-refractivity contribution in [1.29, 1.82) is 0 Å². The van der Waals surface area contributed by atoms with Gasteiger partial charge < -0.3 is 9.47 Å². The van der Waals surface area contributed by atoms with Crippen molar-refractivity contribution in [2.75, 3.05) is 0 Å². The van der Waals surface area contributed by atoms with Gasteiger partial charge in [-0.2, -0.15) is 0 Å². The molecule has 2 unspecified atom stereocenters. The number of rotatable bonds is 1. The lowest BCUT2D eigenvalue weighted by Gasteiger charge is -2.10. The molecule has 0 aliphatic carbocycles. The van der Waals surface area contributed by atoms with E-state index in [1.807, 2.05) is 0 Å². The Morgan fingerprint density at radius 1 is 1.00 bits per heavy atom. The zero-order chi connectivity index (χ0) is 10.3. The van der Waals surface area contributed by atoms with Crippen molar-refractivity contribution >= 4 is 17.9 Å². The molecule has 5 heteroatoms. The Morgan fingerprint density at radius 3 is 2.00 bits per heavy atom. The van der Waals surface area contributed by atoms with Crippen LogP contribution in [0.5, 0.6) is 0 Å². The number of cyclic esters (lactones) is 3. The largest absolute Gasteiger partial charge is 0.431 e. The summed E-state index contributed by atoms with van der Waals surface area (Å²) in [6, 6.07) is 0. The summed E-state index contributed by atoms with van der Waals surface area (Å²) < 4.78 is 9.10. The van der Waals surface area contributed by atoms with Gasteiger partial charge in [0.05, 0.1) is 18.8 Å². The molecule has 0 amide bonds. The lowest BCUT2D eigenvalue weighted by molar-refractivity contribution is -0.153. The number of allylic oxidation sites excluding steroid dienone is 1. The molecule has 2 rings (SSSR count). The molecule has 0 bridgehead atoms. The van der Waals surface area contributed by atoms with E-state index in [4.69, 9.17) is 4.74 Å². The summed E-state index contributed by atoms with van der Waals surface area (Å²) in [5.74, 6) is -2.28. The van der Waals surface area contributed by atoms with E-state index < -0.39 is 29.7 Å². The Bertz CT molecular complexity index is 309. The molecule has 5 nitrogen and oxygen atoms in total. The van der Waals surface area contributed by atoms with Crippen molar-refractivity contribution < 1.29 is 23.9 Å². The highest BCUT2D eigenvalue weighted by Crippen LogP contribution is 2.36. The quantitative estimate of drug-likeness (QED) is 0.441. The smallest absolute Gasteiger partial charge is 0.317 e. The minimum atomic E-state index is -0.596. The van der Waals surface area contributed by atoms with E-state index >= 15 is 0 Å². The Hall–Kier alpha value is -1.65. The SMILES string of the molecule is C=C1OC(=O)CC1C1CC(=O)OC1=O. The molecule has 2 atom stereocenters. The molecule has 0 saturated carbocycles. The van der Waals surface area contributed by atoms with E-state index in [0.717, 1.165) is 0 Å². The first-order chi connectivity index (χ1) is 6.58. The second-order valence-electron chi connectivity index (χ2n) is 3.35. The van der Waals surface area contributed by atoms with Crippen molar-refractivity contribution in [3.8, 4) is 0 Å². The van der Waals surface area contributed by atoms with Gasteiger partial charge in [0.1, 0.15) is 5.76 Å². The predicted octanol–water partition coefficient (Wildman–Crippen LogP) is 0.153. The highest BCUT2D eigenvalue weighted by atomic mass is 16.6. The molecule has 0 aromatic heterocycles. The maximum absolute atomic E-state index is 11.2. The molecule has 2 aliphatic rings. The van der Waals surface area contributed by atoms with Crippen LogP contribution in [0.15, 0.2) is 12.3 Å². The fraction of sp³-hybridized carbons (Fsp3) is 0.444. The fourth-order valence-corrected chi connectivity index (χ4v) is 1.72. The van der Waals surface area contributed by atoms with Gasteiger partial charge in [-0.1, -0.05) is 6.58 Å². The Kier molecular flexibility index (Phi) is 1.87. The van der Waals surface area contributed by atoms with Gasteiger partial charge in [-0.25, -0.2) is 0 Å². The van der Waals surface area contributed by atoms with Crippen molar-refractivity contribution in [3.05, 3.63) is 12.3 Å². The zero-order valence-electron chi connectivity index (χ0n) is 7.32. The standard InChI is InChI=1S/C9H8O5/c1-4-5(2-7(10)13-4)6-3-8(11)14-9(6)12/h5-6H,1-3H2. The molecule has 2 saturated heterocycles. The van der Waals surface area contributed by atoms with Crippen LogP contribution in [0.3, 0.4) is 0 Å². The van der Waals surface area contributed by atoms with Gasteiger partial charge in [0.25, 0.3) is 0 Å². The second-order valence-corrected chi connectivity index (χ2v) is 3.35. The van der Waals surface area contributed by atoms with Gasteiger partial charge in [-0.15, -0.1) is 0 Å². The lowest BCUT2D eigenvalue weighted by atomic mass is 9.88. The number of esters is 3. The van der Waals surface area contributed by atoms with Crippen molar-refractivity contribution in [2.24, 2.45) is 11.8 Å². The summed E-state index contributed by atoms with van der Waals surface area (Å²) in [6.07, 6.45) is 0.116. The monoisotopic (exact) mass is 196 g/mol. The van der Waals surface area contributed by atoms with Gasteiger partial charge in [0.2, 0.25) is 0 Å². The Morgan fingerprint density at radius 2 is 1.57 bits per heavy atom. The third-order valence-corrected chi connectivity index (χ3v) is 2.43. The van der Waals surface area contributed by atoms with E-state index in [-0.39, 0.29) is 18.6 Å². The van der Waals surface area contributed by atoms with Crippen LogP contribution in [0, 0.1) is 11.8 Å². The fourth-order valence-electron chi connectivity index (χ4n) is 1.72. The van der Waals surface area contributed by atoms with Crippen molar-refractivity contribution in [3.63, 3.8) is 0 Å². The first kappa shape index (κ1) is 8.93. The minimum Gasteiger partial charge on any atom is -0.431 e. The van der Waals surface area contributed by atoms with Crippen molar-refractivity contribution in [1.82, 2.24) is 0 Å². The maximum atomic E-state index is 11.2. The topological polar surface area (TPSA) is 69.7 Å². The van der Waals surface area contributed by atoms with E-state index in [9.17, 15) is 14.4 Å². The molecule has 14 heavy (non-hydrogen) atoms. The average molecular weight is 196 g/mol. The predicted molar refractivity (Wildman–Crippen MR) is 42.5 cm³/mol. The van der Waals surface area contributed by atoms with Gasteiger partial charge in [-0.3, -0.25) is 14.4 Å².